The van der Waals surface area contributed by atoms with Crippen LogP contribution in [0.4, 0.5) is 10.6 Å². The number of hydrogen-bond acceptors (Lipinski definition) is 7. The van der Waals surface area contributed by atoms with E-state index in [4.69, 9.17) is 19.4 Å². The van der Waals surface area contributed by atoms with Crippen molar-refractivity contribution < 1.29 is 19.1 Å². The molecule has 3 aliphatic carbocycles. The number of ether oxygens (including phenoxy) is 2. The van der Waals surface area contributed by atoms with Crippen molar-refractivity contribution in [1.29, 1.82) is 0 Å². The number of rotatable bonds is 10. The van der Waals surface area contributed by atoms with E-state index in [1.54, 1.807) is 13.3 Å². The van der Waals surface area contributed by atoms with Gasteiger partial charge in [0.15, 0.2) is 0 Å². The van der Waals surface area contributed by atoms with E-state index in [0.717, 1.165) is 66.8 Å². The fourth-order valence-corrected chi connectivity index (χ4v) is 6.95. The average Bonchev–Trinajstić information content (AvgIpc) is 3.73. The number of aromatic nitrogens is 4. The van der Waals surface area contributed by atoms with Crippen LogP contribution in [-0.2, 0) is 9.53 Å². The first kappa shape index (κ1) is 32.0. The standard InChI is InChI=1S/C36H48N6O4/c1-23(2)42-22-29(20-38-42)28-17-18-37-34(19-28)41(35(43)27-9-13-31(14-10-27)46-36(44)40-30-11-12-30)21-25-5-7-26(8-6-25)32-15-16-33(45-4)24(3)39-32/h15-20,22-23,25-27,30-31H,5-14,21H2,1-4H3,(H,40,44)/t25-,26-,27-,31-. The third-order valence-electron chi connectivity index (χ3n) is 9.93. The molecule has 1 N–H and O–H groups in total. The van der Waals surface area contributed by atoms with Gasteiger partial charge in [-0.25, -0.2) is 9.78 Å². The predicted octanol–water partition coefficient (Wildman–Crippen LogP) is 6.99. The number of methoxy groups -OCH3 is 1. The average molecular weight is 629 g/mol. The summed E-state index contributed by atoms with van der Waals surface area (Å²) < 4.78 is 13.0. The molecule has 0 unspecified atom stereocenters. The summed E-state index contributed by atoms with van der Waals surface area (Å²) in [4.78, 5) is 38.0. The maximum Gasteiger partial charge on any atom is 0.407 e. The van der Waals surface area contributed by atoms with Crippen LogP contribution in [-0.4, -0.2) is 57.5 Å². The molecule has 3 fully saturated rings. The van der Waals surface area contributed by atoms with E-state index < -0.39 is 0 Å². The van der Waals surface area contributed by atoms with Gasteiger partial charge in [-0.15, -0.1) is 0 Å². The Labute approximate surface area is 272 Å². The summed E-state index contributed by atoms with van der Waals surface area (Å²) in [5.74, 6) is 2.30. The van der Waals surface area contributed by atoms with Crippen molar-refractivity contribution in [3.05, 3.63) is 54.2 Å². The molecule has 6 rings (SSSR count). The van der Waals surface area contributed by atoms with Gasteiger partial charge in [-0.3, -0.25) is 19.4 Å². The van der Waals surface area contributed by atoms with E-state index in [-0.39, 0.29) is 36.1 Å². The van der Waals surface area contributed by atoms with Crippen LogP contribution in [0.5, 0.6) is 5.75 Å². The van der Waals surface area contributed by atoms with Crippen LogP contribution >= 0.6 is 0 Å². The molecule has 3 aromatic rings. The number of hydrogen-bond donors (Lipinski definition) is 1. The number of amides is 2. The third-order valence-corrected chi connectivity index (χ3v) is 9.93. The zero-order valence-corrected chi connectivity index (χ0v) is 27.7. The number of anilines is 1. The van der Waals surface area contributed by atoms with Gasteiger partial charge in [0.2, 0.25) is 5.91 Å². The van der Waals surface area contributed by atoms with Crippen molar-refractivity contribution in [3.63, 3.8) is 0 Å². The second-order valence-corrected chi connectivity index (χ2v) is 13.7. The molecule has 46 heavy (non-hydrogen) atoms. The number of carbonyl (C=O) groups excluding carboxylic acids is 2. The van der Waals surface area contributed by atoms with Gasteiger partial charge < -0.3 is 14.8 Å². The molecule has 246 valence electrons. The van der Waals surface area contributed by atoms with Gasteiger partial charge in [-0.1, -0.05) is 0 Å². The van der Waals surface area contributed by atoms with E-state index in [1.165, 1.54) is 0 Å². The molecule has 2 amide bonds. The first-order valence-electron chi connectivity index (χ1n) is 17.1. The van der Waals surface area contributed by atoms with Gasteiger partial charge >= 0.3 is 6.09 Å². The zero-order chi connectivity index (χ0) is 32.2. The molecular formula is C36H48N6O4. The molecule has 0 aromatic carbocycles. The highest BCUT2D eigenvalue weighted by molar-refractivity contribution is 5.94. The summed E-state index contributed by atoms with van der Waals surface area (Å²) in [6.07, 6.45) is 14.3. The first-order chi connectivity index (χ1) is 22.3. The zero-order valence-electron chi connectivity index (χ0n) is 27.7. The number of aryl methyl sites for hydroxylation is 1. The number of nitrogens with zero attached hydrogens (tertiary/aromatic N) is 5. The monoisotopic (exact) mass is 628 g/mol. The van der Waals surface area contributed by atoms with Crippen LogP contribution in [0, 0.1) is 18.8 Å². The lowest BCUT2D eigenvalue weighted by Crippen LogP contribution is -2.42. The lowest BCUT2D eigenvalue weighted by molar-refractivity contribution is -0.124. The molecule has 3 heterocycles. The SMILES string of the molecule is COc1ccc([C@H]2CC[C@H](CN(c3cc(-c4cnn(C(C)C)c4)ccn3)C(=O)[C@H]3CC[C@H](OC(=O)NC4CC4)CC3)CC2)nc1C. The molecule has 0 bridgehead atoms. The lowest BCUT2D eigenvalue weighted by Gasteiger charge is -2.35. The summed E-state index contributed by atoms with van der Waals surface area (Å²) >= 11 is 0. The summed E-state index contributed by atoms with van der Waals surface area (Å²) in [5, 5.41) is 7.43. The largest absolute Gasteiger partial charge is 0.495 e. The van der Waals surface area contributed by atoms with Crippen LogP contribution in [0.25, 0.3) is 11.1 Å². The number of carbonyl (C=O) groups is 2. The van der Waals surface area contributed by atoms with Gasteiger partial charge in [-0.2, -0.15) is 5.10 Å². The number of alkyl carbamates (subject to hydrolysis) is 1. The topological polar surface area (TPSA) is 111 Å². The smallest absolute Gasteiger partial charge is 0.407 e. The molecule has 0 atom stereocenters. The highest BCUT2D eigenvalue weighted by atomic mass is 16.6. The van der Waals surface area contributed by atoms with Crippen molar-refractivity contribution in [2.45, 2.75) is 109 Å². The highest BCUT2D eigenvalue weighted by Gasteiger charge is 2.35. The van der Waals surface area contributed by atoms with E-state index in [2.05, 4.69) is 30.3 Å². The molecule has 0 spiro atoms. The Morgan fingerprint density at radius 2 is 1.76 bits per heavy atom. The Kier molecular flexibility index (Phi) is 9.89. The van der Waals surface area contributed by atoms with Crippen LogP contribution in [0.2, 0.25) is 0 Å². The van der Waals surface area contributed by atoms with Crippen molar-refractivity contribution in [3.8, 4) is 16.9 Å². The van der Waals surface area contributed by atoms with Gasteiger partial charge in [0, 0.05) is 54.1 Å². The van der Waals surface area contributed by atoms with Gasteiger partial charge in [0.1, 0.15) is 17.7 Å². The minimum absolute atomic E-state index is 0.122. The number of pyridine rings is 2. The quantitative estimate of drug-likeness (QED) is 0.258. The second-order valence-electron chi connectivity index (χ2n) is 13.7. The van der Waals surface area contributed by atoms with E-state index in [9.17, 15) is 9.59 Å². The van der Waals surface area contributed by atoms with E-state index in [1.807, 2.05) is 47.1 Å². The number of nitrogens with one attached hydrogen (secondary N) is 1. The normalized spacial score (nSPS) is 23.2. The van der Waals surface area contributed by atoms with Gasteiger partial charge in [0.25, 0.3) is 0 Å². The van der Waals surface area contributed by atoms with Crippen LogP contribution < -0.4 is 15.0 Å². The Bertz CT molecular complexity index is 1500. The van der Waals surface area contributed by atoms with Gasteiger partial charge in [0.05, 0.1) is 19.0 Å². The fourth-order valence-electron chi connectivity index (χ4n) is 6.95. The van der Waals surface area contributed by atoms with Crippen LogP contribution in [0.3, 0.4) is 0 Å². The summed E-state index contributed by atoms with van der Waals surface area (Å²) in [5.41, 5.74) is 4.06. The highest BCUT2D eigenvalue weighted by Crippen LogP contribution is 2.38. The molecule has 0 aliphatic heterocycles. The summed E-state index contributed by atoms with van der Waals surface area (Å²) in [6.45, 7) is 6.85. The molecular weight excluding hydrogens is 580 g/mol. The third kappa shape index (κ3) is 7.70. The van der Waals surface area contributed by atoms with Gasteiger partial charge in [-0.05, 0) is 121 Å². The summed E-state index contributed by atoms with van der Waals surface area (Å²) in [6, 6.07) is 8.67. The maximum absolute atomic E-state index is 14.3. The molecule has 10 heteroatoms. The molecule has 3 aromatic heterocycles. The molecule has 3 saturated carbocycles. The molecule has 0 radical (unpaired) electrons. The van der Waals surface area contributed by atoms with Crippen molar-refractivity contribution >= 4 is 17.8 Å². The fraction of sp³-hybridized carbons (Fsp3) is 0.583. The lowest BCUT2D eigenvalue weighted by atomic mass is 9.79. The van der Waals surface area contributed by atoms with Crippen LogP contribution in [0.15, 0.2) is 42.9 Å². The first-order valence-corrected chi connectivity index (χ1v) is 17.1. The Hall–Kier alpha value is -3.95. The van der Waals surface area contributed by atoms with Crippen molar-refractivity contribution in [2.75, 3.05) is 18.6 Å². The molecule has 3 aliphatic rings. The second kappa shape index (κ2) is 14.2. The van der Waals surface area contributed by atoms with Crippen molar-refractivity contribution in [1.82, 2.24) is 25.1 Å². The Morgan fingerprint density at radius 3 is 2.41 bits per heavy atom. The van der Waals surface area contributed by atoms with Crippen LogP contribution in [0.1, 0.15) is 101 Å². The molecule has 0 saturated heterocycles. The van der Waals surface area contributed by atoms with E-state index >= 15 is 0 Å². The Balaban J connectivity index is 1.15. The molecule has 10 nitrogen and oxygen atoms in total. The summed E-state index contributed by atoms with van der Waals surface area (Å²) in [7, 11) is 1.68. The van der Waals surface area contributed by atoms with Crippen molar-refractivity contribution in [2.24, 2.45) is 11.8 Å². The minimum atomic E-state index is -0.323. The predicted molar refractivity (Wildman–Crippen MR) is 177 cm³/mol. The van der Waals surface area contributed by atoms with E-state index in [0.29, 0.717) is 49.9 Å². The Morgan fingerprint density at radius 1 is 1.00 bits per heavy atom. The maximum atomic E-state index is 14.3. The minimum Gasteiger partial charge on any atom is -0.495 e.